The molecular weight excluding hydrogens is 415 g/mol. The molecule has 9 heteroatoms. The molecule has 0 radical (unpaired) electrons. The molecule has 0 unspecified atom stereocenters. The number of rotatable bonds is 2. The topological polar surface area (TPSA) is 67.3 Å². The van der Waals surface area contributed by atoms with E-state index in [0.717, 1.165) is 0 Å². The highest BCUT2D eigenvalue weighted by atomic mass is 79.9. The Bertz CT molecular complexity index is 837. The van der Waals surface area contributed by atoms with Crippen LogP contribution in [0.3, 0.4) is 0 Å². The van der Waals surface area contributed by atoms with Crippen LogP contribution < -0.4 is 5.32 Å². The summed E-state index contributed by atoms with van der Waals surface area (Å²) in [5, 5.41) is 3.93. The highest BCUT2D eigenvalue weighted by molar-refractivity contribution is 9.10. The third kappa shape index (κ3) is 3.79. The number of hydrogen-bond donors (Lipinski definition) is 1. The van der Waals surface area contributed by atoms with E-state index in [-0.39, 0.29) is 27.1 Å². The molecule has 1 aliphatic rings. The summed E-state index contributed by atoms with van der Waals surface area (Å²) >= 11 is 9.14. The number of amides is 1. The zero-order valence-corrected chi connectivity index (χ0v) is 16.3. The van der Waals surface area contributed by atoms with Crippen molar-refractivity contribution in [1.82, 2.24) is 14.9 Å². The molecule has 6 nitrogen and oxygen atoms in total. The molecule has 134 valence electrons. The average Bonchev–Trinajstić information content (AvgIpc) is 2.46. The third-order valence-electron chi connectivity index (χ3n) is 3.64. The summed E-state index contributed by atoms with van der Waals surface area (Å²) < 4.78 is 19.8. The molecule has 0 atom stereocenters. The van der Waals surface area contributed by atoms with Crippen LogP contribution in [0.1, 0.15) is 20.8 Å². The van der Waals surface area contributed by atoms with Gasteiger partial charge in [0.1, 0.15) is 23.3 Å². The Hall–Kier alpha value is -1.67. The second-order valence-corrected chi connectivity index (χ2v) is 8.03. The first-order valence-electron chi connectivity index (χ1n) is 7.68. The van der Waals surface area contributed by atoms with Crippen LogP contribution in [-0.4, -0.2) is 45.7 Å². The minimum absolute atomic E-state index is 0.00361. The zero-order valence-electron chi connectivity index (χ0n) is 13.9. The summed E-state index contributed by atoms with van der Waals surface area (Å²) in [5.74, 6) is -0.0518. The van der Waals surface area contributed by atoms with E-state index in [2.05, 4.69) is 31.2 Å². The summed E-state index contributed by atoms with van der Waals surface area (Å²) in [6, 6.07) is 1.60. The van der Waals surface area contributed by atoms with E-state index in [9.17, 15) is 9.18 Å². The number of carbonyl (C=O) groups excluding carboxylic acids is 1. The maximum absolute atomic E-state index is 14.3. The molecule has 1 aromatic carbocycles. The Morgan fingerprint density at radius 3 is 2.76 bits per heavy atom. The van der Waals surface area contributed by atoms with Gasteiger partial charge in [-0.25, -0.2) is 19.2 Å². The van der Waals surface area contributed by atoms with Crippen molar-refractivity contribution >= 4 is 50.3 Å². The molecule has 2 aromatic rings. The molecule has 1 aliphatic heterocycles. The van der Waals surface area contributed by atoms with E-state index < -0.39 is 11.4 Å². The highest BCUT2D eigenvalue weighted by Gasteiger charge is 2.34. The summed E-state index contributed by atoms with van der Waals surface area (Å²) in [6.07, 6.45) is 0.939. The van der Waals surface area contributed by atoms with Crippen LogP contribution in [0.5, 0.6) is 0 Å². The molecule has 1 amide bonds. The van der Waals surface area contributed by atoms with E-state index in [0.29, 0.717) is 24.3 Å². The van der Waals surface area contributed by atoms with Crippen molar-refractivity contribution in [2.45, 2.75) is 32.4 Å². The Labute approximate surface area is 157 Å². The fraction of sp³-hybridized carbons (Fsp3) is 0.438. The second kappa shape index (κ2) is 6.57. The minimum Gasteiger partial charge on any atom is -0.444 e. The number of fused-ring (bicyclic) bond motifs is 1. The van der Waals surface area contributed by atoms with Crippen molar-refractivity contribution < 1.29 is 13.9 Å². The van der Waals surface area contributed by atoms with Gasteiger partial charge in [-0.15, -0.1) is 0 Å². The lowest BCUT2D eigenvalue weighted by molar-refractivity contribution is 0.0105. The van der Waals surface area contributed by atoms with Crippen LogP contribution in [0.2, 0.25) is 5.02 Å². The van der Waals surface area contributed by atoms with Gasteiger partial charge in [-0.05, 0) is 42.8 Å². The molecule has 2 heterocycles. The van der Waals surface area contributed by atoms with Crippen molar-refractivity contribution in [2.24, 2.45) is 0 Å². The normalized spacial score (nSPS) is 15.2. The van der Waals surface area contributed by atoms with Gasteiger partial charge < -0.3 is 15.0 Å². The number of aromatic nitrogens is 2. The van der Waals surface area contributed by atoms with Gasteiger partial charge in [-0.3, -0.25) is 0 Å². The standard InChI is InChI=1S/C16H17BrClFN4O2/c1-16(2,3)25-15(24)23-5-8(6-23)22-14-9-4-10(18)11(17)12(19)13(9)20-7-21-14/h4,7-8H,5-6H2,1-3H3,(H,20,21,22). The van der Waals surface area contributed by atoms with E-state index in [1.54, 1.807) is 11.0 Å². The molecule has 3 rings (SSSR count). The monoisotopic (exact) mass is 430 g/mol. The first kappa shape index (κ1) is 18.1. The first-order valence-corrected chi connectivity index (χ1v) is 8.85. The van der Waals surface area contributed by atoms with Crippen LogP contribution in [0.15, 0.2) is 16.9 Å². The number of hydrogen-bond acceptors (Lipinski definition) is 5. The number of halogens is 3. The van der Waals surface area contributed by atoms with Crippen LogP contribution in [-0.2, 0) is 4.74 Å². The number of nitrogens with zero attached hydrogens (tertiary/aromatic N) is 3. The summed E-state index contributed by atoms with van der Waals surface area (Å²) in [5.41, 5.74) is -0.350. The highest BCUT2D eigenvalue weighted by Crippen LogP contribution is 2.34. The quantitative estimate of drug-likeness (QED) is 0.721. The number of benzene rings is 1. The number of nitrogens with one attached hydrogen (secondary N) is 1. The fourth-order valence-electron chi connectivity index (χ4n) is 2.46. The summed E-state index contributed by atoms with van der Waals surface area (Å²) in [4.78, 5) is 21.7. The molecular formula is C16H17BrClFN4O2. The lowest BCUT2D eigenvalue weighted by Gasteiger charge is -2.40. The minimum atomic E-state index is -0.531. The van der Waals surface area contributed by atoms with Gasteiger partial charge >= 0.3 is 6.09 Å². The predicted molar refractivity (Wildman–Crippen MR) is 97.4 cm³/mol. The molecule has 1 fully saturated rings. The number of carbonyl (C=O) groups is 1. The Morgan fingerprint density at radius 2 is 2.12 bits per heavy atom. The Kier molecular flexibility index (Phi) is 4.76. The Morgan fingerprint density at radius 1 is 1.44 bits per heavy atom. The van der Waals surface area contributed by atoms with Crippen LogP contribution in [0.4, 0.5) is 15.0 Å². The average molecular weight is 432 g/mol. The van der Waals surface area contributed by atoms with Crippen molar-refractivity contribution in [3.8, 4) is 0 Å². The zero-order chi connectivity index (χ0) is 18.4. The van der Waals surface area contributed by atoms with E-state index >= 15 is 0 Å². The maximum Gasteiger partial charge on any atom is 0.410 e. The molecule has 1 N–H and O–H groups in total. The summed E-state index contributed by atoms with van der Waals surface area (Å²) in [6.45, 7) is 6.43. The molecule has 1 aromatic heterocycles. The van der Waals surface area contributed by atoms with Gasteiger partial charge in [-0.1, -0.05) is 11.6 Å². The van der Waals surface area contributed by atoms with Crippen LogP contribution >= 0.6 is 27.5 Å². The molecule has 0 spiro atoms. The van der Waals surface area contributed by atoms with E-state index in [1.807, 2.05) is 20.8 Å². The number of likely N-dealkylation sites (tertiary alicyclic amines) is 1. The van der Waals surface area contributed by atoms with Gasteiger partial charge in [0.15, 0.2) is 5.82 Å². The van der Waals surface area contributed by atoms with E-state index in [1.165, 1.54) is 6.33 Å². The van der Waals surface area contributed by atoms with Gasteiger partial charge in [-0.2, -0.15) is 0 Å². The van der Waals surface area contributed by atoms with Crippen molar-refractivity contribution in [2.75, 3.05) is 18.4 Å². The largest absolute Gasteiger partial charge is 0.444 e. The second-order valence-electron chi connectivity index (χ2n) is 6.83. The van der Waals surface area contributed by atoms with Gasteiger partial charge in [0.25, 0.3) is 0 Å². The summed E-state index contributed by atoms with van der Waals surface area (Å²) in [7, 11) is 0. The van der Waals surface area contributed by atoms with E-state index in [4.69, 9.17) is 16.3 Å². The fourth-order valence-corrected chi connectivity index (χ4v) is 2.95. The molecule has 0 bridgehead atoms. The number of anilines is 1. The number of ether oxygens (including phenoxy) is 1. The molecule has 25 heavy (non-hydrogen) atoms. The lowest BCUT2D eigenvalue weighted by Crippen LogP contribution is -2.58. The molecule has 1 saturated heterocycles. The molecule has 0 saturated carbocycles. The van der Waals surface area contributed by atoms with Crippen molar-refractivity contribution in [3.63, 3.8) is 0 Å². The predicted octanol–water partition coefficient (Wildman–Crippen LogP) is 4.22. The lowest BCUT2D eigenvalue weighted by atomic mass is 10.1. The first-order chi connectivity index (χ1) is 11.7. The van der Waals surface area contributed by atoms with Gasteiger partial charge in [0, 0.05) is 18.5 Å². The van der Waals surface area contributed by atoms with Gasteiger partial charge in [0.05, 0.1) is 15.5 Å². The van der Waals surface area contributed by atoms with Crippen molar-refractivity contribution in [1.29, 1.82) is 0 Å². The SMILES string of the molecule is CC(C)(C)OC(=O)N1CC(Nc2ncnc3c(F)c(Br)c(Cl)cc23)C1. The van der Waals surface area contributed by atoms with Crippen molar-refractivity contribution in [3.05, 3.63) is 27.7 Å². The van der Waals surface area contributed by atoms with Crippen LogP contribution in [0, 0.1) is 5.82 Å². The van der Waals surface area contributed by atoms with Gasteiger partial charge in [0.2, 0.25) is 0 Å². The maximum atomic E-state index is 14.3. The smallest absolute Gasteiger partial charge is 0.410 e. The Balaban J connectivity index is 1.72. The van der Waals surface area contributed by atoms with Crippen LogP contribution in [0.25, 0.3) is 10.9 Å². The molecule has 0 aliphatic carbocycles. The third-order valence-corrected chi connectivity index (χ3v) is 4.94.